The lowest BCUT2D eigenvalue weighted by molar-refractivity contribution is 0.0138. The summed E-state index contributed by atoms with van der Waals surface area (Å²) in [4.78, 5) is 0. The molecule has 0 spiro atoms. The van der Waals surface area contributed by atoms with Gasteiger partial charge in [-0.15, -0.1) is 0 Å². The van der Waals surface area contributed by atoms with Crippen LogP contribution < -0.4 is 5.73 Å². The molecule has 1 aromatic carbocycles. The number of rotatable bonds is 3. The van der Waals surface area contributed by atoms with Gasteiger partial charge in [0.1, 0.15) is 0 Å². The van der Waals surface area contributed by atoms with Crippen molar-refractivity contribution in [3.63, 3.8) is 0 Å². The van der Waals surface area contributed by atoms with Crippen LogP contribution in [0.1, 0.15) is 31.2 Å². The third kappa shape index (κ3) is 3.85. The second-order valence-electron chi connectivity index (χ2n) is 4.60. The summed E-state index contributed by atoms with van der Waals surface area (Å²) < 4.78 is 5.85. The molecule has 0 atom stereocenters. The molecule has 2 rings (SSSR count). The maximum atomic E-state index is 5.95. The van der Waals surface area contributed by atoms with Crippen LogP contribution >= 0.6 is 23.2 Å². The minimum absolute atomic E-state index is 0.337. The second kappa shape index (κ2) is 6.05. The average Bonchev–Trinajstić information content (AvgIpc) is 2.33. The fourth-order valence-corrected chi connectivity index (χ4v) is 2.42. The van der Waals surface area contributed by atoms with E-state index in [1.807, 2.05) is 12.1 Å². The lowest BCUT2D eigenvalue weighted by Crippen LogP contribution is -2.30. The minimum Gasteiger partial charge on any atom is -0.374 e. The van der Waals surface area contributed by atoms with Gasteiger partial charge in [0.05, 0.1) is 22.8 Å². The molecule has 0 heterocycles. The largest absolute Gasteiger partial charge is 0.374 e. The second-order valence-corrected chi connectivity index (χ2v) is 5.41. The summed E-state index contributed by atoms with van der Waals surface area (Å²) in [6, 6.07) is 5.97. The van der Waals surface area contributed by atoms with Gasteiger partial charge in [-0.05, 0) is 43.4 Å². The van der Waals surface area contributed by atoms with E-state index in [1.165, 1.54) is 0 Å². The van der Waals surface area contributed by atoms with Crippen molar-refractivity contribution in [2.45, 2.75) is 44.4 Å². The molecule has 17 heavy (non-hydrogen) atoms. The van der Waals surface area contributed by atoms with Gasteiger partial charge in [-0.2, -0.15) is 0 Å². The molecule has 2 nitrogen and oxygen atoms in total. The zero-order valence-electron chi connectivity index (χ0n) is 9.66. The van der Waals surface area contributed by atoms with Gasteiger partial charge in [0, 0.05) is 6.04 Å². The summed E-state index contributed by atoms with van der Waals surface area (Å²) in [5, 5.41) is 1.16. The number of hydrogen-bond donors (Lipinski definition) is 1. The van der Waals surface area contributed by atoms with Gasteiger partial charge in [-0.1, -0.05) is 29.3 Å². The lowest BCUT2D eigenvalue weighted by atomic mass is 9.94. The zero-order chi connectivity index (χ0) is 12.3. The van der Waals surface area contributed by atoms with Gasteiger partial charge in [-0.3, -0.25) is 0 Å². The van der Waals surface area contributed by atoms with E-state index >= 15 is 0 Å². The smallest absolute Gasteiger partial charge is 0.0721 e. The summed E-state index contributed by atoms with van der Waals surface area (Å²) in [6.07, 6.45) is 4.58. The Morgan fingerprint density at radius 3 is 2.47 bits per heavy atom. The first kappa shape index (κ1) is 13.2. The molecule has 1 aromatic rings. The molecule has 1 aliphatic rings. The molecule has 2 N–H and O–H groups in total. The van der Waals surface area contributed by atoms with Gasteiger partial charge < -0.3 is 10.5 Å². The Hall–Kier alpha value is -0.280. The lowest BCUT2D eigenvalue weighted by Gasteiger charge is -2.26. The van der Waals surface area contributed by atoms with Crippen molar-refractivity contribution in [3.05, 3.63) is 33.8 Å². The van der Waals surface area contributed by atoms with E-state index < -0.39 is 0 Å². The first-order valence-corrected chi connectivity index (χ1v) is 6.72. The number of ether oxygens (including phenoxy) is 1. The number of halogens is 2. The van der Waals surface area contributed by atoms with Crippen molar-refractivity contribution in [2.75, 3.05) is 0 Å². The van der Waals surface area contributed by atoms with Crippen LogP contribution in [0, 0.1) is 0 Å². The minimum atomic E-state index is 0.337. The van der Waals surface area contributed by atoms with E-state index in [4.69, 9.17) is 33.7 Å². The highest BCUT2D eigenvalue weighted by Gasteiger charge is 2.18. The SMILES string of the molecule is NC1CCC(OCc2ccc(Cl)c(Cl)c2)CC1. The molecular weight excluding hydrogens is 257 g/mol. The number of benzene rings is 1. The van der Waals surface area contributed by atoms with E-state index in [0.29, 0.717) is 28.8 Å². The van der Waals surface area contributed by atoms with Crippen molar-refractivity contribution in [2.24, 2.45) is 5.73 Å². The summed E-state index contributed by atoms with van der Waals surface area (Å²) in [7, 11) is 0. The molecule has 0 bridgehead atoms. The highest BCUT2D eigenvalue weighted by Crippen LogP contribution is 2.25. The maximum Gasteiger partial charge on any atom is 0.0721 e. The molecule has 0 radical (unpaired) electrons. The fourth-order valence-electron chi connectivity index (χ4n) is 2.10. The van der Waals surface area contributed by atoms with Gasteiger partial charge in [0.15, 0.2) is 0 Å². The highest BCUT2D eigenvalue weighted by molar-refractivity contribution is 6.41. The van der Waals surface area contributed by atoms with E-state index in [2.05, 4.69) is 0 Å². The monoisotopic (exact) mass is 273 g/mol. The Bertz CT molecular complexity index is 376. The Labute approximate surface area is 112 Å². The topological polar surface area (TPSA) is 35.2 Å². The van der Waals surface area contributed by atoms with Gasteiger partial charge in [-0.25, -0.2) is 0 Å². The van der Waals surface area contributed by atoms with Crippen molar-refractivity contribution >= 4 is 23.2 Å². The normalized spacial score (nSPS) is 24.9. The molecule has 0 aromatic heterocycles. The molecule has 0 amide bonds. The third-order valence-electron chi connectivity index (χ3n) is 3.19. The molecule has 1 fully saturated rings. The van der Waals surface area contributed by atoms with Crippen LogP contribution in [0.4, 0.5) is 0 Å². The number of nitrogens with two attached hydrogens (primary N) is 1. The van der Waals surface area contributed by atoms with Crippen LogP contribution in [0.25, 0.3) is 0 Å². The van der Waals surface area contributed by atoms with Crippen LogP contribution in [0.5, 0.6) is 0 Å². The highest BCUT2D eigenvalue weighted by atomic mass is 35.5. The quantitative estimate of drug-likeness (QED) is 0.910. The van der Waals surface area contributed by atoms with Gasteiger partial charge >= 0.3 is 0 Å². The summed E-state index contributed by atoms with van der Waals surface area (Å²) in [5.41, 5.74) is 6.92. The van der Waals surface area contributed by atoms with E-state index in [9.17, 15) is 0 Å². The summed E-state index contributed by atoms with van der Waals surface area (Å²) >= 11 is 11.8. The summed E-state index contributed by atoms with van der Waals surface area (Å²) in [6.45, 7) is 0.594. The Balaban J connectivity index is 1.83. The van der Waals surface area contributed by atoms with E-state index in [1.54, 1.807) is 6.07 Å². The van der Waals surface area contributed by atoms with E-state index in [0.717, 1.165) is 31.2 Å². The molecule has 0 unspecified atom stereocenters. The Morgan fingerprint density at radius 1 is 1.12 bits per heavy atom. The standard InChI is InChI=1S/C13H17Cl2NO/c14-12-6-1-9(7-13(12)15)8-17-11-4-2-10(16)3-5-11/h1,6-7,10-11H,2-5,8,16H2. The van der Waals surface area contributed by atoms with Gasteiger partial charge in [0.2, 0.25) is 0 Å². The van der Waals surface area contributed by atoms with Crippen LogP contribution in [0.15, 0.2) is 18.2 Å². The van der Waals surface area contributed by atoms with Crippen molar-refractivity contribution < 1.29 is 4.74 Å². The summed E-state index contributed by atoms with van der Waals surface area (Å²) in [5.74, 6) is 0. The van der Waals surface area contributed by atoms with Crippen LogP contribution in [-0.2, 0) is 11.3 Å². The van der Waals surface area contributed by atoms with Crippen molar-refractivity contribution in [3.8, 4) is 0 Å². The fraction of sp³-hybridized carbons (Fsp3) is 0.538. The molecule has 94 valence electrons. The van der Waals surface area contributed by atoms with E-state index in [-0.39, 0.29) is 0 Å². The molecular formula is C13H17Cl2NO. The third-order valence-corrected chi connectivity index (χ3v) is 3.93. The predicted octanol–water partition coefficient (Wildman–Crippen LogP) is 3.78. The predicted molar refractivity (Wildman–Crippen MR) is 71.5 cm³/mol. The molecule has 4 heteroatoms. The number of hydrogen-bond acceptors (Lipinski definition) is 2. The average molecular weight is 274 g/mol. The molecule has 1 aliphatic carbocycles. The Morgan fingerprint density at radius 2 is 1.82 bits per heavy atom. The zero-order valence-corrected chi connectivity index (χ0v) is 11.2. The van der Waals surface area contributed by atoms with Crippen molar-refractivity contribution in [1.82, 2.24) is 0 Å². The molecule has 1 saturated carbocycles. The Kier molecular flexibility index (Phi) is 4.69. The first-order valence-electron chi connectivity index (χ1n) is 5.96. The first-order chi connectivity index (χ1) is 8.15. The van der Waals surface area contributed by atoms with Crippen LogP contribution in [0.2, 0.25) is 10.0 Å². The van der Waals surface area contributed by atoms with Gasteiger partial charge in [0.25, 0.3) is 0 Å². The maximum absolute atomic E-state index is 5.95. The van der Waals surface area contributed by atoms with Crippen LogP contribution in [0.3, 0.4) is 0 Å². The van der Waals surface area contributed by atoms with Crippen molar-refractivity contribution in [1.29, 1.82) is 0 Å². The molecule has 0 aliphatic heterocycles. The molecule has 0 saturated heterocycles. The van der Waals surface area contributed by atoms with Crippen LogP contribution in [-0.4, -0.2) is 12.1 Å².